The standard InChI is InChI=1S/C16H13ClN4O/c17-16-20-10-13(9-14-18-7-4-8-19-14)15(21-16)22-11-12-5-2-1-3-6-12/h1-8,10H,9,11H2. The second kappa shape index (κ2) is 6.95. The Morgan fingerprint density at radius 2 is 1.73 bits per heavy atom. The molecule has 0 amide bonds. The normalized spacial score (nSPS) is 10.4. The van der Waals surface area contributed by atoms with Gasteiger partial charge in [0.05, 0.1) is 0 Å². The van der Waals surface area contributed by atoms with Gasteiger partial charge in [0.2, 0.25) is 11.2 Å². The summed E-state index contributed by atoms with van der Waals surface area (Å²) in [5.74, 6) is 1.13. The average molecular weight is 313 g/mol. The molecule has 0 radical (unpaired) electrons. The van der Waals surface area contributed by atoms with Gasteiger partial charge in [0.1, 0.15) is 12.4 Å². The molecule has 0 saturated heterocycles. The molecular formula is C16H13ClN4O. The van der Waals surface area contributed by atoms with E-state index >= 15 is 0 Å². The lowest BCUT2D eigenvalue weighted by molar-refractivity contribution is 0.290. The van der Waals surface area contributed by atoms with Crippen LogP contribution in [-0.2, 0) is 13.0 Å². The van der Waals surface area contributed by atoms with Crippen molar-refractivity contribution in [3.05, 3.63) is 77.2 Å². The van der Waals surface area contributed by atoms with Gasteiger partial charge in [0.15, 0.2) is 0 Å². The fraction of sp³-hybridized carbons (Fsp3) is 0.125. The van der Waals surface area contributed by atoms with E-state index in [1.165, 1.54) is 0 Å². The van der Waals surface area contributed by atoms with E-state index in [9.17, 15) is 0 Å². The highest BCUT2D eigenvalue weighted by Gasteiger charge is 2.10. The van der Waals surface area contributed by atoms with Crippen molar-refractivity contribution in [3.63, 3.8) is 0 Å². The van der Waals surface area contributed by atoms with Crippen LogP contribution < -0.4 is 4.74 Å². The highest BCUT2D eigenvalue weighted by atomic mass is 35.5. The number of aromatic nitrogens is 4. The predicted octanol–water partition coefficient (Wildman–Crippen LogP) is 3.09. The van der Waals surface area contributed by atoms with Crippen LogP contribution in [0, 0.1) is 0 Å². The number of nitrogens with zero attached hydrogens (tertiary/aromatic N) is 4. The van der Waals surface area contributed by atoms with E-state index in [-0.39, 0.29) is 5.28 Å². The van der Waals surface area contributed by atoms with Crippen LogP contribution in [0.2, 0.25) is 5.28 Å². The lowest BCUT2D eigenvalue weighted by Gasteiger charge is -2.10. The van der Waals surface area contributed by atoms with E-state index in [0.29, 0.717) is 24.7 Å². The molecule has 0 saturated carbocycles. The second-order valence-electron chi connectivity index (χ2n) is 4.59. The van der Waals surface area contributed by atoms with Gasteiger partial charge in [-0.1, -0.05) is 30.3 Å². The van der Waals surface area contributed by atoms with Crippen molar-refractivity contribution in [2.45, 2.75) is 13.0 Å². The van der Waals surface area contributed by atoms with Gasteiger partial charge in [-0.25, -0.2) is 15.0 Å². The Balaban J connectivity index is 1.79. The Hall–Kier alpha value is -2.53. The largest absolute Gasteiger partial charge is 0.472 e. The summed E-state index contributed by atoms with van der Waals surface area (Å²) in [6.07, 6.45) is 5.53. The molecule has 0 aliphatic rings. The minimum atomic E-state index is 0.154. The zero-order valence-corrected chi connectivity index (χ0v) is 12.4. The van der Waals surface area contributed by atoms with Gasteiger partial charge in [-0.2, -0.15) is 4.98 Å². The Kier molecular flexibility index (Phi) is 4.56. The number of hydrogen-bond donors (Lipinski definition) is 0. The summed E-state index contributed by atoms with van der Waals surface area (Å²) in [7, 11) is 0. The minimum absolute atomic E-state index is 0.154. The van der Waals surface area contributed by atoms with E-state index in [2.05, 4.69) is 19.9 Å². The highest BCUT2D eigenvalue weighted by Crippen LogP contribution is 2.20. The quantitative estimate of drug-likeness (QED) is 0.677. The first-order valence-electron chi connectivity index (χ1n) is 6.75. The molecule has 3 rings (SSSR count). The summed E-state index contributed by atoms with van der Waals surface area (Å²) in [5.41, 5.74) is 1.85. The minimum Gasteiger partial charge on any atom is -0.472 e. The third-order valence-electron chi connectivity index (χ3n) is 2.98. The summed E-state index contributed by atoms with van der Waals surface area (Å²) < 4.78 is 5.79. The average Bonchev–Trinajstić information content (AvgIpc) is 2.57. The molecule has 5 nitrogen and oxygen atoms in total. The van der Waals surface area contributed by atoms with E-state index in [4.69, 9.17) is 16.3 Å². The summed E-state index contributed by atoms with van der Waals surface area (Å²) >= 11 is 5.87. The molecule has 0 unspecified atom stereocenters. The van der Waals surface area contributed by atoms with E-state index in [1.54, 1.807) is 24.7 Å². The summed E-state index contributed by atoms with van der Waals surface area (Å²) in [6.45, 7) is 0.414. The highest BCUT2D eigenvalue weighted by molar-refractivity contribution is 6.28. The van der Waals surface area contributed by atoms with Gasteiger partial charge in [-0.05, 0) is 23.2 Å². The maximum Gasteiger partial charge on any atom is 0.225 e. The zero-order valence-electron chi connectivity index (χ0n) is 11.7. The molecule has 2 heterocycles. The van der Waals surface area contributed by atoms with Crippen molar-refractivity contribution < 1.29 is 4.74 Å². The van der Waals surface area contributed by atoms with Crippen LogP contribution in [0.25, 0.3) is 0 Å². The molecule has 1 aromatic carbocycles. The van der Waals surface area contributed by atoms with Gasteiger partial charge < -0.3 is 4.74 Å². The molecule has 0 N–H and O–H groups in total. The van der Waals surface area contributed by atoms with Crippen molar-refractivity contribution in [1.82, 2.24) is 19.9 Å². The first-order valence-corrected chi connectivity index (χ1v) is 7.13. The Morgan fingerprint density at radius 1 is 0.955 bits per heavy atom. The maximum absolute atomic E-state index is 5.87. The molecule has 0 aliphatic heterocycles. The molecular weight excluding hydrogens is 300 g/mol. The topological polar surface area (TPSA) is 60.8 Å². The molecule has 2 aromatic heterocycles. The second-order valence-corrected chi connectivity index (χ2v) is 4.92. The predicted molar refractivity (Wildman–Crippen MR) is 82.7 cm³/mol. The van der Waals surface area contributed by atoms with Gasteiger partial charge in [-0.3, -0.25) is 0 Å². The summed E-state index contributed by atoms with van der Waals surface area (Å²) in [6, 6.07) is 11.6. The monoisotopic (exact) mass is 312 g/mol. The third kappa shape index (κ3) is 3.77. The molecule has 3 aromatic rings. The maximum atomic E-state index is 5.87. The summed E-state index contributed by atoms with van der Waals surface area (Å²) in [5, 5.41) is 0.154. The van der Waals surface area contributed by atoms with Gasteiger partial charge >= 0.3 is 0 Å². The van der Waals surface area contributed by atoms with Gasteiger partial charge in [-0.15, -0.1) is 0 Å². The van der Waals surface area contributed by atoms with Crippen molar-refractivity contribution in [2.75, 3.05) is 0 Å². The molecule has 0 fully saturated rings. The van der Waals surface area contributed by atoms with Crippen LogP contribution in [0.15, 0.2) is 55.0 Å². The lowest BCUT2D eigenvalue weighted by atomic mass is 10.2. The SMILES string of the molecule is Clc1ncc(Cc2ncccn2)c(OCc2ccccc2)n1. The Bertz CT molecular complexity index is 738. The molecule has 22 heavy (non-hydrogen) atoms. The Morgan fingerprint density at radius 3 is 2.50 bits per heavy atom. The lowest BCUT2D eigenvalue weighted by Crippen LogP contribution is -2.04. The number of rotatable bonds is 5. The van der Waals surface area contributed by atoms with E-state index < -0.39 is 0 Å². The fourth-order valence-corrected chi connectivity index (χ4v) is 2.06. The van der Waals surface area contributed by atoms with Crippen LogP contribution >= 0.6 is 11.6 Å². The van der Waals surface area contributed by atoms with Crippen LogP contribution in [0.3, 0.4) is 0 Å². The zero-order chi connectivity index (χ0) is 15.2. The van der Waals surface area contributed by atoms with Gasteiger partial charge in [0.25, 0.3) is 0 Å². The van der Waals surface area contributed by atoms with Crippen LogP contribution in [0.5, 0.6) is 5.88 Å². The van der Waals surface area contributed by atoms with Crippen molar-refractivity contribution in [1.29, 1.82) is 0 Å². The third-order valence-corrected chi connectivity index (χ3v) is 3.16. The number of hydrogen-bond acceptors (Lipinski definition) is 5. The number of halogens is 1. The van der Waals surface area contributed by atoms with Crippen LogP contribution in [0.1, 0.15) is 17.0 Å². The number of benzene rings is 1. The molecule has 6 heteroatoms. The van der Waals surface area contributed by atoms with Crippen molar-refractivity contribution >= 4 is 11.6 Å². The molecule has 0 atom stereocenters. The first-order chi connectivity index (χ1) is 10.8. The van der Waals surface area contributed by atoms with Gasteiger partial charge in [0, 0.05) is 30.6 Å². The van der Waals surface area contributed by atoms with E-state index in [1.807, 2.05) is 30.3 Å². The smallest absolute Gasteiger partial charge is 0.225 e. The molecule has 0 aliphatic carbocycles. The molecule has 110 valence electrons. The fourth-order valence-electron chi connectivity index (χ4n) is 1.93. The van der Waals surface area contributed by atoms with Crippen molar-refractivity contribution in [3.8, 4) is 5.88 Å². The first kappa shape index (κ1) is 14.4. The van der Waals surface area contributed by atoms with Crippen molar-refractivity contribution in [2.24, 2.45) is 0 Å². The Labute approximate surface area is 133 Å². The van der Waals surface area contributed by atoms with Crippen LogP contribution in [0.4, 0.5) is 0 Å². The summed E-state index contributed by atoms with van der Waals surface area (Å²) in [4.78, 5) is 16.6. The number of ether oxygens (including phenoxy) is 1. The molecule has 0 spiro atoms. The van der Waals surface area contributed by atoms with Crippen LogP contribution in [-0.4, -0.2) is 19.9 Å². The van der Waals surface area contributed by atoms with E-state index in [0.717, 1.165) is 11.1 Å². The molecule has 0 bridgehead atoms.